The highest BCUT2D eigenvalue weighted by Crippen LogP contribution is 2.34. The fraction of sp³-hybridized carbons (Fsp3) is 0.381. The second kappa shape index (κ2) is 7.38. The molecule has 0 aromatic heterocycles. The Morgan fingerprint density at radius 1 is 1.15 bits per heavy atom. The molecule has 1 amide bonds. The molecule has 0 saturated heterocycles. The number of nitrogens with zero attached hydrogens (tertiary/aromatic N) is 1. The number of nitrogens with one attached hydrogen (secondary N) is 1. The van der Waals surface area contributed by atoms with Crippen LogP contribution in [0.3, 0.4) is 0 Å². The van der Waals surface area contributed by atoms with Gasteiger partial charge in [0.1, 0.15) is 13.2 Å². The van der Waals surface area contributed by atoms with Gasteiger partial charge in [-0.1, -0.05) is 24.3 Å². The van der Waals surface area contributed by atoms with Crippen molar-refractivity contribution in [3.05, 3.63) is 53.6 Å². The van der Waals surface area contributed by atoms with Gasteiger partial charge in [-0.25, -0.2) is 0 Å². The lowest BCUT2D eigenvalue weighted by Gasteiger charge is -2.32. The van der Waals surface area contributed by atoms with Crippen molar-refractivity contribution in [2.45, 2.75) is 25.3 Å². The zero-order valence-electron chi connectivity index (χ0n) is 15.0. The van der Waals surface area contributed by atoms with E-state index in [-0.39, 0.29) is 5.91 Å². The lowest BCUT2D eigenvalue weighted by Crippen LogP contribution is -2.34. The van der Waals surface area contributed by atoms with Crippen molar-refractivity contribution in [3.8, 4) is 11.5 Å². The number of benzene rings is 2. The standard InChI is InChI=1S/C21H24N2O3/c1-23(18-8-4-6-15-5-2-3-7-17(15)18)14-21(24)22-16-9-10-19-20(13-16)26-12-11-25-19/h2-3,5,7,9-10,13,18H,4,6,8,11-12,14H2,1H3,(H,22,24)/t18-/m0/s1. The van der Waals surface area contributed by atoms with E-state index in [4.69, 9.17) is 9.47 Å². The number of carbonyl (C=O) groups is 1. The van der Waals surface area contributed by atoms with Crippen LogP contribution in [0.15, 0.2) is 42.5 Å². The van der Waals surface area contributed by atoms with Crippen LogP contribution < -0.4 is 14.8 Å². The van der Waals surface area contributed by atoms with E-state index in [0.29, 0.717) is 31.5 Å². The minimum absolute atomic E-state index is 0.0211. The Bertz CT molecular complexity index is 806. The molecule has 136 valence electrons. The predicted molar refractivity (Wildman–Crippen MR) is 101 cm³/mol. The highest BCUT2D eigenvalue weighted by atomic mass is 16.6. The van der Waals surface area contributed by atoms with E-state index in [1.807, 2.05) is 25.2 Å². The molecular formula is C21H24N2O3. The van der Waals surface area contributed by atoms with E-state index in [9.17, 15) is 4.79 Å². The molecule has 1 aliphatic carbocycles. The molecule has 1 heterocycles. The maximum absolute atomic E-state index is 12.5. The van der Waals surface area contributed by atoms with Crippen LogP contribution in [-0.2, 0) is 11.2 Å². The first kappa shape index (κ1) is 16.9. The van der Waals surface area contributed by atoms with Crippen LogP contribution in [0.25, 0.3) is 0 Å². The van der Waals surface area contributed by atoms with Crippen molar-refractivity contribution in [1.29, 1.82) is 0 Å². The quantitative estimate of drug-likeness (QED) is 0.916. The molecule has 1 aliphatic heterocycles. The highest BCUT2D eigenvalue weighted by Gasteiger charge is 2.24. The van der Waals surface area contributed by atoms with Crippen molar-refractivity contribution < 1.29 is 14.3 Å². The second-order valence-corrected chi connectivity index (χ2v) is 6.93. The molecular weight excluding hydrogens is 328 g/mol. The van der Waals surface area contributed by atoms with Crippen molar-refractivity contribution >= 4 is 11.6 Å². The molecule has 2 aliphatic rings. The third-order valence-corrected chi connectivity index (χ3v) is 5.09. The number of amides is 1. The molecule has 26 heavy (non-hydrogen) atoms. The lowest BCUT2D eigenvalue weighted by molar-refractivity contribution is -0.117. The summed E-state index contributed by atoms with van der Waals surface area (Å²) in [5.74, 6) is 1.39. The molecule has 0 spiro atoms. The van der Waals surface area contributed by atoms with E-state index in [1.165, 1.54) is 11.1 Å². The van der Waals surface area contributed by atoms with Gasteiger partial charge < -0.3 is 14.8 Å². The molecule has 5 heteroatoms. The minimum atomic E-state index is -0.0211. The lowest BCUT2D eigenvalue weighted by atomic mass is 9.87. The number of anilines is 1. The number of likely N-dealkylation sites (N-methyl/N-ethyl adjacent to an activating group) is 1. The first-order chi connectivity index (χ1) is 12.7. The van der Waals surface area contributed by atoms with Gasteiger partial charge in [-0.15, -0.1) is 0 Å². The molecule has 4 rings (SSSR count). The summed E-state index contributed by atoms with van der Waals surface area (Å²) in [5.41, 5.74) is 3.49. The zero-order valence-corrected chi connectivity index (χ0v) is 15.0. The fourth-order valence-electron chi connectivity index (χ4n) is 3.84. The molecule has 2 aromatic carbocycles. The van der Waals surface area contributed by atoms with Crippen LogP contribution in [0.1, 0.15) is 30.0 Å². The van der Waals surface area contributed by atoms with Crippen molar-refractivity contribution in [2.24, 2.45) is 0 Å². The molecule has 0 bridgehead atoms. The van der Waals surface area contributed by atoms with Crippen molar-refractivity contribution in [1.82, 2.24) is 4.90 Å². The van der Waals surface area contributed by atoms with E-state index >= 15 is 0 Å². The molecule has 2 aromatic rings. The number of hydrogen-bond acceptors (Lipinski definition) is 4. The summed E-state index contributed by atoms with van der Waals surface area (Å²) in [4.78, 5) is 14.7. The molecule has 0 unspecified atom stereocenters. The van der Waals surface area contributed by atoms with Crippen LogP contribution in [0.2, 0.25) is 0 Å². The monoisotopic (exact) mass is 352 g/mol. The summed E-state index contributed by atoms with van der Waals surface area (Å²) in [5, 5.41) is 2.97. The number of aryl methyl sites for hydroxylation is 1. The Labute approximate surface area is 153 Å². The smallest absolute Gasteiger partial charge is 0.238 e. The molecule has 1 atom stereocenters. The normalized spacial score (nSPS) is 18.3. The number of ether oxygens (including phenoxy) is 2. The molecule has 1 N–H and O–H groups in total. The maximum Gasteiger partial charge on any atom is 0.238 e. The number of fused-ring (bicyclic) bond motifs is 2. The van der Waals surface area contributed by atoms with Crippen LogP contribution in [0.4, 0.5) is 5.69 Å². The third kappa shape index (κ3) is 3.53. The number of carbonyl (C=O) groups excluding carboxylic acids is 1. The van der Waals surface area contributed by atoms with Gasteiger partial charge in [-0.05, 0) is 49.6 Å². The van der Waals surface area contributed by atoms with Gasteiger partial charge in [0.15, 0.2) is 11.5 Å². The molecule has 0 fully saturated rings. The molecule has 0 radical (unpaired) electrons. The van der Waals surface area contributed by atoms with Gasteiger partial charge in [-0.3, -0.25) is 9.69 Å². The van der Waals surface area contributed by atoms with E-state index in [2.05, 4.69) is 34.5 Å². The topological polar surface area (TPSA) is 50.8 Å². The molecule has 5 nitrogen and oxygen atoms in total. The van der Waals surface area contributed by atoms with Crippen LogP contribution in [0.5, 0.6) is 11.5 Å². The predicted octanol–water partition coefficient (Wildman–Crippen LogP) is 3.41. The highest BCUT2D eigenvalue weighted by molar-refractivity contribution is 5.92. The number of hydrogen-bond donors (Lipinski definition) is 1. The van der Waals surface area contributed by atoms with Gasteiger partial charge >= 0.3 is 0 Å². The average Bonchev–Trinajstić information content (AvgIpc) is 2.67. The van der Waals surface area contributed by atoms with Gasteiger partial charge in [0.25, 0.3) is 0 Å². The summed E-state index contributed by atoms with van der Waals surface area (Å²) in [6, 6.07) is 14.4. The van der Waals surface area contributed by atoms with Crippen molar-refractivity contribution in [2.75, 3.05) is 32.1 Å². The van der Waals surface area contributed by atoms with Gasteiger partial charge in [0.05, 0.1) is 6.54 Å². The summed E-state index contributed by atoms with van der Waals surface area (Å²) < 4.78 is 11.1. The Balaban J connectivity index is 1.41. The minimum Gasteiger partial charge on any atom is -0.486 e. The van der Waals surface area contributed by atoms with Crippen LogP contribution >= 0.6 is 0 Å². The summed E-state index contributed by atoms with van der Waals surface area (Å²) in [6.07, 6.45) is 3.38. The van der Waals surface area contributed by atoms with E-state index < -0.39 is 0 Å². The Morgan fingerprint density at radius 2 is 1.96 bits per heavy atom. The second-order valence-electron chi connectivity index (χ2n) is 6.93. The van der Waals surface area contributed by atoms with Crippen LogP contribution in [0, 0.1) is 0 Å². The Morgan fingerprint density at radius 3 is 2.85 bits per heavy atom. The summed E-state index contributed by atoms with van der Waals surface area (Å²) in [7, 11) is 2.02. The summed E-state index contributed by atoms with van der Waals surface area (Å²) in [6.45, 7) is 1.45. The van der Waals surface area contributed by atoms with Crippen molar-refractivity contribution in [3.63, 3.8) is 0 Å². The first-order valence-corrected chi connectivity index (χ1v) is 9.18. The van der Waals surface area contributed by atoms with Gasteiger partial charge in [0.2, 0.25) is 5.91 Å². The van der Waals surface area contributed by atoms with E-state index in [0.717, 1.165) is 30.7 Å². The Kier molecular flexibility index (Phi) is 4.80. The third-order valence-electron chi connectivity index (χ3n) is 5.09. The van der Waals surface area contributed by atoms with Gasteiger partial charge in [-0.2, -0.15) is 0 Å². The Hall–Kier alpha value is -2.53. The first-order valence-electron chi connectivity index (χ1n) is 9.18. The average molecular weight is 352 g/mol. The summed E-state index contributed by atoms with van der Waals surface area (Å²) >= 11 is 0. The van der Waals surface area contributed by atoms with Crippen LogP contribution in [-0.4, -0.2) is 37.6 Å². The van der Waals surface area contributed by atoms with E-state index in [1.54, 1.807) is 0 Å². The van der Waals surface area contributed by atoms with Gasteiger partial charge in [0, 0.05) is 17.8 Å². The fourth-order valence-corrected chi connectivity index (χ4v) is 3.84. The number of rotatable bonds is 4. The molecule has 0 saturated carbocycles. The maximum atomic E-state index is 12.5. The largest absolute Gasteiger partial charge is 0.486 e. The zero-order chi connectivity index (χ0) is 17.9. The SMILES string of the molecule is CN(CC(=O)Nc1ccc2c(c1)OCCO2)[C@H]1CCCc2ccccc21.